The lowest BCUT2D eigenvalue weighted by atomic mass is 10.0. The monoisotopic (exact) mass is 263 g/mol. The second kappa shape index (κ2) is 5.27. The number of carbonyl (C=O) groups is 1. The Kier molecular flexibility index (Phi) is 3.71. The number of oxazole rings is 1. The minimum absolute atomic E-state index is 0.235. The number of rotatable bonds is 5. The van der Waals surface area contributed by atoms with Crippen molar-refractivity contribution in [1.29, 1.82) is 0 Å². The maximum Gasteiger partial charge on any atom is 0.419 e. The molecule has 0 spiro atoms. The Labute approximate surface area is 110 Å². The second-order valence-corrected chi connectivity index (χ2v) is 4.45. The van der Waals surface area contributed by atoms with Gasteiger partial charge in [0.2, 0.25) is 5.91 Å². The van der Waals surface area contributed by atoms with Gasteiger partial charge in [-0.25, -0.2) is 4.79 Å². The summed E-state index contributed by atoms with van der Waals surface area (Å²) in [5.74, 6) is -0.749. The number of aromatic nitrogens is 1. The van der Waals surface area contributed by atoms with E-state index in [1.165, 1.54) is 0 Å². The lowest BCUT2D eigenvalue weighted by Gasteiger charge is -2.10. The molecule has 0 aliphatic carbocycles. The molecule has 0 saturated carbocycles. The molecular weight excluding hydrogens is 246 g/mol. The van der Waals surface area contributed by atoms with Crippen LogP contribution in [0.2, 0.25) is 0 Å². The molecule has 0 fully saturated rings. The van der Waals surface area contributed by atoms with Gasteiger partial charge in [0.1, 0.15) is 0 Å². The van der Waals surface area contributed by atoms with E-state index in [0.717, 1.165) is 11.1 Å². The van der Waals surface area contributed by atoms with Crippen LogP contribution in [0.5, 0.6) is 0 Å². The zero-order valence-electron chi connectivity index (χ0n) is 10.8. The number of primary amides is 1. The summed E-state index contributed by atoms with van der Waals surface area (Å²) in [5.41, 5.74) is 13.2. The van der Waals surface area contributed by atoms with Gasteiger partial charge < -0.3 is 15.9 Å². The summed E-state index contributed by atoms with van der Waals surface area (Å²) in [6, 6.07) is 5.10. The van der Waals surface area contributed by atoms with Crippen LogP contribution in [-0.2, 0) is 11.3 Å². The van der Waals surface area contributed by atoms with E-state index in [1.807, 2.05) is 19.1 Å². The van der Waals surface area contributed by atoms with Crippen molar-refractivity contribution < 1.29 is 9.21 Å². The molecule has 1 aromatic carbocycles. The Bertz CT molecular complexity index is 657. The first kappa shape index (κ1) is 13.4. The van der Waals surface area contributed by atoms with Gasteiger partial charge in [-0.15, -0.1) is 0 Å². The molecular formula is C13H17N3O3. The van der Waals surface area contributed by atoms with E-state index in [9.17, 15) is 9.59 Å². The SMILES string of the molecule is CCn1c(=O)oc2cc(C(N)CCC(N)=O)ccc21. The summed E-state index contributed by atoms with van der Waals surface area (Å²) in [7, 11) is 0. The van der Waals surface area contributed by atoms with Crippen LogP contribution in [-0.4, -0.2) is 10.5 Å². The van der Waals surface area contributed by atoms with Crippen LogP contribution in [0.25, 0.3) is 11.1 Å². The smallest absolute Gasteiger partial charge is 0.408 e. The Morgan fingerprint density at radius 1 is 1.47 bits per heavy atom. The second-order valence-electron chi connectivity index (χ2n) is 4.45. The molecule has 1 heterocycles. The zero-order chi connectivity index (χ0) is 14.0. The molecule has 102 valence electrons. The van der Waals surface area contributed by atoms with E-state index >= 15 is 0 Å². The van der Waals surface area contributed by atoms with Crippen molar-refractivity contribution in [1.82, 2.24) is 4.57 Å². The van der Waals surface area contributed by atoms with Gasteiger partial charge in [-0.3, -0.25) is 9.36 Å². The van der Waals surface area contributed by atoms with Gasteiger partial charge in [0.25, 0.3) is 0 Å². The molecule has 1 unspecified atom stereocenters. The Morgan fingerprint density at radius 3 is 2.84 bits per heavy atom. The number of nitrogens with zero attached hydrogens (tertiary/aromatic N) is 1. The molecule has 2 aromatic rings. The summed E-state index contributed by atoms with van der Waals surface area (Å²) >= 11 is 0. The highest BCUT2D eigenvalue weighted by molar-refractivity contribution is 5.75. The first-order valence-electron chi connectivity index (χ1n) is 6.20. The zero-order valence-corrected chi connectivity index (χ0v) is 10.8. The number of carbonyl (C=O) groups excluding carboxylic acids is 1. The van der Waals surface area contributed by atoms with Crippen LogP contribution >= 0.6 is 0 Å². The normalized spacial score (nSPS) is 12.7. The fraction of sp³-hybridized carbons (Fsp3) is 0.385. The molecule has 0 radical (unpaired) electrons. The quantitative estimate of drug-likeness (QED) is 0.835. The predicted octanol–water partition coefficient (Wildman–Crippen LogP) is 0.880. The number of benzene rings is 1. The Hall–Kier alpha value is -2.08. The molecule has 0 saturated heterocycles. The summed E-state index contributed by atoms with van der Waals surface area (Å²) in [4.78, 5) is 22.3. The third-order valence-corrected chi connectivity index (χ3v) is 3.14. The highest BCUT2D eigenvalue weighted by Crippen LogP contribution is 2.21. The number of nitrogens with two attached hydrogens (primary N) is 2. The van der Waals surface area contributed by atoms with E-state index in [-0.39, 0.29) is 24.1 Å². The minimum Gasteiger partial charge on any atom is -0.408 e. The molecule has 1 atom stereocenters. The first-order valence-corrected chi connectivity index (χ1v) is 6.20. The van der Waals surface area contributed by atoms with Crippen LogP contribution < -0.4 is 17.2 Å². The molecule has 19 heavy (non-hydrogen) atoms. The maximum absolute atomic E-state index is 11.6. The van der Waals surface area contributed by atoms with E-state index in [1.54, 1.807) is 10.6 Å². The molecule has 4 N–H and O–H groups in total. The van der Waals surface area contributed by atoms with Gasteiger partial charge in [-0.1, -0.05) is 6.07 Å². The molecule has 2 rings (SSSR count). The first-order chi connectivity index (χ1) is 9.02. The third kappa shape index (κ3) is 2.68. The Morgan fingerprint density at radius 2 is 2.21 bits per heavy atom. The van der Waals surface area contributed by atoms with Crippen LogP contribution in [0, 0.1) is 0 Å². The Balaban J connectivity index is 2.31. The fourth-order valence-corrected chi connectivity index (χ4v) is 2.08. The van der Waals surface area contributed by atoms with Crippen LogP contribution in [0.3, 0.4) is 0 Å². The number of amides is 1. The molecule has 6 heteroatoms. The van der Waals surface area contributed by atoms with E-state index in [4.69, 9.17) is 15.9 Å². The topological polar surface area (TPSA) is 104 Å². The largest absolute Gasteiger partial charge is 0.419 e. The number of hydrogen-bond acceptors (Lipinski definition) is 4. The lowest BCUT2D eigenvalue weighted by molar-refractivity contribution is -0.118. The minimum atomic E-state index is -0.375. The third-order valence-electron chi connectivity index (χ3n) is 3.14. The van der Waals surface area contributed by atoms with Crippen molar-refractivity contribution in [2.45, 2.75) is 32.4 Å². The van der Waals surface area contributed by atoms with Crippen LogP contribution in [0.4, 0.5) is 0 Å². The van der Waals surface area contributed by atoms with Gasteiger partial charge in [-0.2, -0.15) is 0 Å². The number of aryl methyl sites for hydroxylation is 1. The van der Waals surface area contributed by atoms with Crippen molar-refractivity contribution >= 4 is 17.0 Å². The lowest BCUT2D eigenvalue weighted by Crippen LogP contribution is -2.16. The van der Waals surface area contributed by atoms with E-state index in [0.29, 0.717) is 18.5 Å². The molecule has 0 aliphatic heterocycles. The van der Waals surface area contributed by atoms with Gasteiger partial charge in [0.15, 0.2) is 5.58 Å². The number of hydrogen-bond donors (Lipinski definition) is 2. The summed E-state index contributed by atoms with van der Waals surface area (Å²) in [6.07, 6.45) is 0.707. The average Bonchev–Trinajstić information content (AvgIpc) is 2.69. The van der Waals surface area contributed by atoms with Crippen LogP contribution in [0.15, 0.2) is 27.4 Å². The van der Waals surface area contributed by atoms with Crippen molar-refractivity contribution in [2.24, 2.45) is 11.5 Å². The maximum atomic E-state index is 11.6. The van der Waals surface area contributed by atoms with Crippen LogP contribution in [0.1, 0.15) is 31.4 Å². The van der Waals surface area contributed by atoms with Crippen molar-refractivity contribution in [2.75, 3.05) is 0 Å². The molecule has 1 amide bonds. The van der Waals surface area contributed by atoms with E-state index < -0.39 is 0 Å². The highest BCUT2D eigenvalue weighted by Gasteiger charge is 2.12. The average molecular weight is 263 g/mol. The standard InChI is InChI=1S/C13H17N3O3/c1-2-16-10-5-3-8(7-11(10)19-13(16)18)9(14)4-6-12(15)17/h3,5,7,9H,2,4,6,14H2,1H3,(H2,15,17). The van der Waals surface area contributed by atoms with Crippen molar-refractivity contribution in [3.8, 4) is 0 Å². The molecule has 0 aliphatic rings. The van der Waals surface area contributed by atoms with Gasteiger partial charge >= 0.3 is 5.76 Å². The molecule has 6 nitrogen and oxygen atoms in total. The highest BCUT2D eigenvalue weighted by atomic mass is 16.4. The van der Waals surface area contributed by atoms with E-state index in [2.05, 4.69) is 0 Å². The van der Waals surface area contributed by atoms with Gasteiger partial charge in [0, 0.05) is 19.0 Å². The number of fused-ring (bicyclic) bond motifs is 1. The molecule has 0 bridgehead atoms. The van der Waals surface area contributed by atoms with Crippen molar-refractivity contribution in [3.05, 3.63) is 34.3 Å². The molecule has 1 aromatic heterocycles. The predicted molar refractivity (Wildman–Crippen MR) is 71.5 cm³/mol. The summed E-state index contributed by atoms with van der Waals surface area (Å²) in [5, 5.41) is 0. The fourth-order valence-electron chi connectivity index (χ4n) is 2.08. The van der Waals surface area contributed by atoms with Crippen molar-refractivity contribution in [3.63, 3.8) is 0 Å². The van der Waals surface area contributed by atoms with Gasteiger partial charge in [0.05, 0.1) is 5.52 Å². The summed E-state index contributed by atoms with van der Waals surface area (Å²) < 4.78 is 6.72. The summed E-state index contributed by atoms with van der Waals surface area (Å²) in [6.45, 7) is 2.43. The van der Waals surface area contributed by atoms with Gasteiger partial charge in [-0.05, 0) is 31.0 Å².